The summed E-state index contributed by atoms with van der Waals surface area (Å²) in [5.74, 6) is 0.556. The van der Waals surface area contributed by atoms with Crippen LogP contribution in [0.5, 0.6) is 5.75 Å². The van der Waals surface area contributed by atoms with Crippen LogP contribution in [0.25, 0.3) is 10.1 Å². The van der Waals surface area contributed by atoms with Gasteiger partial charge in [0.2, 0.25) is 0 Å². The second-order valence-corrected chi connectivity index (χ2v) is 11.9. The van der Waals surface area contributed by atoms with Crippen LogP contribution >= 0.6 is 23.1 Å². The standard InChI is InChI=1S/C23H27NO5S3/c1-16-14-18(8-9-20(16)29-15-22(25)26)30-12-11-24-10-5-13-32(27,28)23-17(2)19-6-3-4-7-21(19)31-23/h3-4,6-9,14,24H,5,10-13,15H2,1-2H3,(H,25,26). The summed E-state index contributed by atoms with van der Waals surface area (Å²) in [6, 6.07) is 13.5. The first-order valence-corrected chi connectivity index (χ1v) is 13.7. The van der Waals surface area contributed by atoms with Crippen LogP contribution in [0.15, 0.2) is 51.6 Å². The number of thiophene rings is 1. The molecule has 0 saturated carbocycles. The minimum Gasteiger partial charge on any atom is -0.482 e. The van der Waals surface area contributed by atoms with Gasteiger partial charge in [-0.2, -0.15) is 0 Å². The van der Waals surface area contributed by atoms with E-state index in [1.165, 1.54) is 11.3 Å². The molecule has 3 rings (SSSR count). The van der Waals surface area contributed by atoms with Crippen molar-refractivity contribution in [3.05, 3.63) is 53.6 Å². The summed E-state index contributed by atoms with van der Waals surface area (Å²) < 4.78 is 32.3. The highest BCUT2D eigenvalue weighted by molar-refractivity contribution is 7.99. The van der Waals surface area contributed by atoms with Gasteiger partial charge >= 0.3 is 5.97 Å². The van der Waals surface area contributed by atoms with Crippen molar-refractivity contribution in [3.63, 3.8) is 0 Å². The van der Waals surface area contributed by atoms with Crippen LogP contribution in [0.1, 0.15) is 17.5 Å². The average Bonchev–Trinajstić information content (AvgIpc) is 3.10. The van der Waals surface area contributed by atoms with Crippen LogP contribution in [0.3, 0.4) is 0 Å². The molecule has 9 heteroatoms. The highest BCUT2D eigenvalue weighted by atomic mass is 32.2. The lowest BCUT2D eigenvalue weighted by molar-refractivity contribution is -0.139. The molecule has 2 N–H and O–H groups in total. The zero-order valence-corrected chi connectivity index (χ0v) is 20.5. The molecule has 2 aromatic carbocycles. The minimum atomic E-state index is -3.28. The number of ether oxygens (including phenoxy) is 1. The molecule has 3 aromatic rings. The fraction of sp³-hybridized carbons (Fsp3) is 0.348. The number of nitrogens with one attached hydrogen (secondary N) is 1. The molecule has 0 atom stereocenters. The Morgan fingerprint density at radius 2 is 1.94 bits per heavy atom. The molecule has 0 radical (unpaired) electrons. The molecular formula is C23H27NO5S3. The van der Waals surface area contributed by atoms with Gasteiger partial charge in [0.1, 0.15) is 9.96 Å². The van der Waals surface area contributed by atoms with Gasteiger partial charge in [0.15, 0.2) is 16.4 Å². The maximum absolute atomic E-state index is 12.8. The number of carbonyl (C=O) groups is 1. The molecule has 32 heavy (non-hydrogen) atoms. The van der Waals surface area contributed by atoms with E-state index >= 15 is 0 Å². The van der Waals surface area contributed by atoms with Crippen molar-refractivity contribution < 1.29 is 23.1 Å². The van der Waals surface area contributed by atoms with Crippen molar-refractivity contribution in [2.24, 2.45) is 0 Å². The summed E-state index contributed by atoms with van der Waals surface area (Å²) in [7, 11) is -3.28. The number of thioether (sulfide) groups is 1. The van der Waals surface area contributed by atoms with Gasteiger partial charge in [0, 0.05) is 21.9 Å². The van der Waals surface area contributed by atoms with Crippen LogP contribution in [-0.2, 0) is 14.6 Å². The molecule has 0 aliphatic carbocycles. The smallest absolute Gasteiger partial charge is 0.341 e. The molecule has 0 aliphatic rings. The Morgan fingerprint density at radius 3 is 2.66 bits per heavy atom. The molecule has 1 heterocycles. The fourth-order valence-electron chi connectivity index (χ4n) is 3.31. The van der Waals surface area contributed by atoms with Crippen LogP contribution in [0.2, 0.25) is 0 Å². The molecule has 172 valence electrons. The number of hydrogen-bond donors (Lipinski definition) is 2. The Hall–Kier alpha value is -2.07. The van der Waals surface area contributed by atoms with Gasteiger partial charge in [0.25, 0.3) is 0 Å². The second-order valence-electron chi connectivity index (χ2n) is 7.39. The number of fused-ring (bicyclic) bond motifs is 1. The number of carboxylic acids is 1. The first-order valence-electron chi connectivity index (χ1n) is 10.3. The van der Waals surface area contributed by atoms with E-state index in [-0.39, 0.29) is 12.4 Å². The van der Waals surface area contributed by atoms with E-state index in [1.807, 2.05) is 50.2 Å². The maximum atomic E-state index is 12.8. The first-order chi connectivity index (χ1) is 15.3. The molecule has 0 fully saturated rings. The van der Waals surface area contributed by atoms with Crippen molar-refractivity contribution in [3.8, 4) is 5.75 Å². The summed E-state index contributed by atoms with van der Waals surface area (Å²) in [4.78, 5) is 11.7. The van der Waals surface area contributed by atoms with Crippen molar-refractivity contribution >= 4 is 49.0 Å². The van der Waals surface area contributed by atoms with E-state index in [9.17, 15) is 13.2 Å². The molecule has 0 spiro atoms. The quantitative estimate of drug-likeness (QED) is 0.283. The van der Waals surface area contributed by atoms with Gasteiger partial charge in [0.05, 0.1) is 5.75 Å². The molecular weight excluding hydrogens is 466 g/mol. The molecule has 6 nitrogen and oxygen atoms in total. The van der Waals surface area contributed by atoms with Crippen molar-refractivity contribution in [2.75, 3.05) is 31.2 Å². The molecule has 0 bridgehead atoms. The van der Waals surface area contributed by atoms with Gasteiger partial charge in [-0.15, -0.1) is 23.1 Å². The number of carboxylic acid groups (broad SMARTS) is 1. The highest BCUT2D eigenvalue weighted by Crippen LogP contribution is 2.34. The monoisotopic (exact) mass is 493 g/mol. The number of aryl methyl sites for hydroxylation is 2. The Bertz CT molecular complexity index is 1190. The minimum absolute atomic E-state index is 0.137. The maximum Gasteiger partial charge on any atom is 0.341 e. The van der Waals surface area contributed by atoms with Crippen LogP contribution in [-0.4, -0.2) is 50.7 Å². The van der Waals surface area contributed by atoms with E-state index < -0.39 is 15.8 Å². The van der Waals surface area contributed by atoms with E-state index in [1.54, 1.807) is 17.8 Å². The topological polar surface area (TPSA) is 92.7 Å². The molecule has 0 amide bonds. The Labute approximate surface area is 196 Å². The number of sulfone groups is 1. The molecule has 1 aromatic heterocycles. The van der Waals surface area contributed by atoms with E-state index in [0.29, 0.717) is 22.9 Å². The van der Waals surface area contributed by atoms with Crippen molar-refractivity contribution in [1.82, 2.24) is 5.32 Å². The van der Waals surface area contributed by atoms with Gasteiger partial charge in [-0.05, 0) is 67.6 Å². The van der Waals surface area contributed by atoms with Gasteiger partial charge in [-0.3, -0.25) is 0 Å². The van der Waals surface area contributed by atoms with E-state index in [2.05, 4.69) is 5.32 Å². The molecule has 0 unspecified atom stereocenters. The van der Waals surface area contributed by atoms with E-state index in [0.717, 1.165) is 38.4 Å². The van der Waals surface area contributed by atoms with Gasteiger partial charge in [-0.1, -0.05) is 18.2 Å². The Morgan fingerprint density at radius 1 is 1.16 bits per heavy atom. The average molecular weight is 494 g/mol. The summed E-state index contributed by atoms with van der Waals surface area (Å²) in [5, 5.41) is 13.0. The lowest BCUT2D eigenvalue weighted by atomic mass is 10.2. The number of aliphatic carboxylic acids is 1. The zero-order valence-electron chi connectivity index (χ0n) is 18.1. The third-order valence-electron chi connectivity index (χ3n) is 4.89. The number of benzene rings is 2. The first kappa shape index (κ1) is 24.6. The van der Waals surface area contributed by atoms with Crippen LogP contribution in [0.4, 0.5) is 0 Å². The number of rotatable bonds is 12. The highest BCUT2D eigenvalue weighted by Gasteiger charge is 2.21. The van der Waals surface area contributed by atoms with Crippen molar-refractivity contribution in [1.29, 1.82) is 0 Å². The Balaban J connectivity index is 1.39. The summed E-state index contributed by atoms with van der Waals surface area (Å²) in [6.07, 6.45) is 0.565. The third-order valence-corrected chi connectivity index (χ3v) is 9.67. The molecule has 0 aliphatic heterocycles. The number of hydrogen-bond acceptors (Lipinski definition) is 7. The molecule has 0 saturated heterocycles. The fourth-order valence-corrected chi connectivity index (χ4v) is 7.47. The van der Waals surface area contributed by atoms with Crippen LogP contribution < -0.4 is 10.1 Å². The summed E-state index contributed by atoms with van der Waals surface area (Å²) in [5.41, 5.74) is 1.75. The second kappa shape index (κ2) is 11.2. The summed E-state index contributed by atoms with van der Waals surface area (Å²) >= 11 is 3.04. The third kappa shape index (κ3) is 6.48. The van der Waals surface area contributed by atoms with Gasteiger partial charge < -0.3 is 15.2 Å². The predicted molar refractivity (Wildman–Crippen MR) is 131 cm³/mol. The summed E-state index contributed by atoms with van der Waals surface area (Å²) in [6.45, 7) is 4.83. The van der Waals surface area contributed by atoms with Gasteiger partial charge in [-0.25, -0.2) is 13.2 Å². The normalized spacial score (nSPS) is 11.7. The zero-order chi connectivity index (χ0) is 23.1. The largest absolute Gasteiger partial charge is 0.482 e. The lowest BCUT2D eigenvalue weighted by Gasteiger charge is -2.09. The van der Waals surface area contributed by atoms with Crippen LogP contribution in [0, 0.1) is 13.8 Å². The Kier molecular flexibility index (Phi) is 8.58. The predicted octanol–water partition coefficient (Wildman–Crippen LogP) is 4.53. The SMILES string of the molecule is Cc1cc(SCCNCCCS(=O)(=O)c2sc3ccccc3c2C)ccc1OCC(=O)O. The lowest BCUT2D eigenvalue weighted by Crippen LogP contribution is -2.21. The van der Waals surface area contributed by atoms with Crippen molar-refractivity contribution in [2.45, 2.75) is 29.4 Å². The van der Waals surface area contributed by atoms with E-state index in [4.69, 9.17) is 9.84 Å².